The second kappa shape index (κ2) is 6.19. The molecule has 2 aromatic heterocycles. The Bertz CT molecular complexity index is 1030. The minimum Gasteiger partial charge on any atom is -0.277 e. The van der Waals surface area contributed by atoms with Crippen LogP contribution in [0.25, 0.3) is 11.0 Å². The zero-order chi connectivity index (χ0) is 18.2. The fraction of sp³-hybridized carbons (Fsp3) is 0.429. The van der Waals surface area contributed by atoms with E-state index in [2.05, 4.69) is 4.98 Å². The molecule has 2 rings (SSSR count). The Labute approximate surface area is 138 Å². The van der Waals surface area contributed by atoms with Gasteiger partial charge in [0.05, 0.1) is 17.2 Å². The Morgan fingerprint density at radius 3 is 2.50 bits per heavy atom. The van der Waals surface area contributed by atoms with Crippen LogP contribution in [0.5, 0.6) is 0 Å². The third-order valence-corrected chi connectivity index (χ3v) is 3.82. The van der Waals surface area contributed by atoms with Crippen molar-refractivity contribution in [3.63, 3.8) is 0 Å². The lowest BCUT2D eigenvalue weighted by Gasteiger charge is -2.13. The zero-order valence-electron chi connectivity index (χ0n) is 13.7. The number of hydrogen-bond donors (Lipinski definition) is 1. The molecule has 2 heterocycles. The van der Waals surface area contributed by atoms with E-state index in [1.54, 1.807) is 0 Å². The van der Waals surface area contributed by atoms with Crippen LogP contribution in [-0.2, 0) is 23.6 Å². The molecule has 0 aliphatic rings. The van der Waals surface area contributed by atoms with Gasteiger partial charge in [-0.3, -0.25) is 18.7 Å². The van der Waals surface area contributed by atoms with Gasteiger partial charge in [0.15, 0.2) is 0 Å². The Morgan fingerprint density at radius 1 is 1.33 bits per heavy atom. The van der Waals surface area contributed by atoms with E-state index >= 15 is 0 Å². The topological polar surface area (TPSA) is 120 Å². The zero-order valence-corrected chi connectivity index (χ0v) is 14.5. The van der Waals surface area contributed by atoms with Crippen molar-refractivity contribution >= 4 is 27.0 Å². The van der Waals surface area contributed by atoms with Crippen LogP contribution in [0.1, 0.15) is 24.2 Å². The molecule has 0 fully saturated rings. The van der Waals surface area contributed by atoms with Crippen molar-refractivity contribution in [2.24, 2.45) is 13.0 Å². The van der Waals surface area contributed by atoms with Gasteiger partial charge in [-0.2, -0.15) is 0 Å². The van der Waals surface area contributed by atoms with Crippen molar-refractivity contribution in [2.45, 2.75) is 20.4 Å². The molecular formula is C14H18N4O5S. The van der Waals surface area contributed by atoms with E-state index in [1.165, 1.54) is 17.7 Å². The highest BCUT2D eigenvalue weighted by Crippen LogP contribution is 2.10. The molecule has 1 amide bonds. The van der Waals surface area contributed by atoms with Gasteiger partial charge in [-0.15, -0.1) is 0 Å². The predicted octanol–water partition coefficient (Wildman–Crippen LogP) is -0.559. The van der Waals surface area contributed by atoms with E-state index in [0.717, 1.165) is 17.0 Å². The van der Waals surface area contributed by atoms with Gasteiger partial charge in [0, 0.05) is 19.8 Å². The predicted molar refractivity (Wildman–Crippen MR) is 88.4 cm³/mol. The lowest BCUT2D eigenvalue weighted by Crippen LogP contribution is -2.39. The third-order valence-electron chi connectivity index (χ3n) is 3.26. The summed E-state index contributed by atoms with van der Waals surface area (Å²) in [6.07, 6.45) is 1.98. The van der Waals surface area contributed by atoms with Crippen LogP contribution in [-0.4, -0.2) is 34.7 Å². The lowest BCUT2D eigenvalue weighted by atomic mass is 10.2. The van der Waals surface area contributed by atoms with E-state index in [0.29, 0.717) is 6.54 Å². The highest BCUT2D eigenvalue weighted by molar-refractivity contribution is 7.89. The summed E-state index contributed by atoms with van der Waals surface area (Å²) in [6, 6.07) is 1.24. The molecule has 0 aliphatic carbocycles. The normalized spacial score (nSPS) is 11.9. The number of nitrogens with zero attached hydrogens (tertiary/aromatic N) is 3. The summed E-state index contributed by atoms with van der Waals surface area (Å²) >= 11 is 0. The number of aromatic nitrogens is 3. The van der Waals surface area contributed by atoms with Gasteiger partial charge in [0.2, 0.25) is 10.0 Å². The Morgan fingerprint density at radius 2 is 1.96 bits per heavy atom. The first-order valence-electron chi connectivity index (χ1n) is 7.13. The Kier molecular flexibility index (Phi) is 4.61. The number of sulfonamides is 1. The van der Waals surface area contributed by atoms with Crippen LogP contribution in [0.3, 0.4) is 0 Å². The van der Waals surface area contributed by atoms with Crippen molar-refractivity contribution < 1.29 is 13.2 Å². The van der Waals surface area contributed by atoms with Gasteiger partial charge >= 0.3 is 5.69 Å². The second-order valence-electron chi connectivity index (χ2n) is 5.95. The maximum atomic E-state index is 12.3. The van der Waals surface area contributed by atoms with Gasteiger partial charge in [0.25, 0.3) is 11.5 Å². The number of amides is 1. The standard InChI is InChI=1S/C14H18N4O5S/c1-8(2)7-18-11-10(13(20)17(3)14(18)21)5-9(6-15-11)12(19)16-24(4,22)23/h5-6,8H,7H2,1-4H3,(H,16,19). The molecule has 0 aromatic carbocycles. The molecule has 0 atom stereocenters. The average Bonchev–Trinajstić information content (AvgIpc) is 2.47. The van der Waals surface area contributed by atoms with E-state index in [4.69, 9.17) is 0 Å². The Hall–Kier alpha value is -2.49. The minimum atomic E-state index is -3.74. The molecule has 0 saturated heterocycles. The maximum absolute atomic E-state index is 12.3. The van der Waals surface area contributed by atoms with Gasteiger partial charge in [0.1, 0.15) is 5.65 Å². The number of carbonyl (C=O) groups is 1. The van der Waals surface area contributed by atoms with Crippen molar-refractivity contribution in [3.8, 4) is 0 Å². The molecular weight excluding hydrogens is 336 g/mol. The van der Waals surface area contributed by atoms with Gasteiger partial charge in [-0.1, -0.05) is 13.8 Å². The number of fused-ring (bicyclic) bond motifs is 1. The molecule has 0 aliphatic heterocycles. The molecule has 0 radical (unpaired) electrons. The first-order chi connectivity index (χ1) is 11.0. The molecule has 9 nitrogen and oxygen atoms in total. The first-order valence-corrected chi connectivity index (χ1v) is 9.02. The summed E-state index contributed by atoms with van der Waals surface area (Å²) in [7, 11) is -2.40. The smallest absolute Gasteiger partial charge is 0.277 e. The number of nitrogens with one attached hydrogen (secondary N) is 1. The molecule has 24 heavy (non-hydrogen) atoms. The van der Waals surface area contributed by atoms with Crippen LogP contribution < -0.4 is 16.0 Å². The van der Waals surface area contributed by atoms with Crippen LogP contribution in [0, 0.1) is 5.92 Å². The molecule has 130 valence electrons. The van der Waals surface area contributed by atoms with Crippen LogP contribution in [0.4, 0.5) is 0 Å². The molecule has 0 saturated carbocycles. The largest absolute Gasteiger partial charge is 0.332 e. The van der Waals surface area contributed by atoms with Crippen LogP contribution in [0.2, 0.25) is 0 Å². The number of hydrogen-bond acceptors (Lipinski definition) is 6. The summed E-state index contributed by atoms with van der Waals surface area (Å²) in [4.78, 5) is 40.5. The van der Waals surface area contributed by atoms with Crippen LogP contribution in [0.15, 0.2) is 21.9 Å². The fourth-order valence-electron chi connectivity index (χ4n) is 2.25. The van der Waals surface area contributed by atoms with Gasteiger partial charge in [-0.05, 0) is 12.0 Å². The number of carbonyl (C=O) groups excluding carboxylic acids is 1. The van der Waals surface area contributed by atoms with Crippen molar-refractivity contribution in [1.82, 2.24) is 18.8 Å². The average molecular weight is 354 g/mol. The summed E-state index contributed by atoms with van der Waals surface area (Å²) < 4.78 is 26.4. The second-order valence-corrected chi connectivity index (χ2v) is 7.70. The quantitative estimate of drug-likeness (QED) is 0.786. The minimum absolute atomic E-state index is 0.0684. The molecule has 10 heteroatoms. The SMILES string of the molecule is CC(C)Cn1c(=O)n(C)c(=O)c2cc(C(=O)NS(C)(=O)=O)cnc21. The first kappa shape index (κ1) is 17.9. The van der Waals surface area contributed by atoms with E-state index in [1.807, 2.05) is 18.6 Å². The highest BCUT2D eigenvalue weighted by Gasteiger charge is 2.17. The lowest BCUT2D eigenvalue weighted by molar-refractivity contribution is 0.0981. The van der Waals surface area contributed by atoms with E-state index in [-0.39, 0.29) is 22.5 Å². The van der Waals surface area contributed by atoms with Crippen LogP contribution >= 0.6 is 0 Å². The summed E-state index contributed by atoms with van der Waals surface area (Å²) in [5.74, 6) is -0.756. The summed E-state index contributed by atoms with van der Waals surface area (Å²) in [6.45, 7) is 4.18. The molecule has 2 aromatic rings. The van der Waals surface area contributed by atoms with E-state index < -0.39 is 27.2 Å². The number of rotatable bonds is 4. The van der Waals surface area contributed by atoms with Crippen molar-refractivity contribution in [1.29, 1.82) is 0 Å². The molecule has 0 unspecified atom stereocenters. The van der Waals surface area contributed by atoms with E-state index in [9.17, 15) is 22.8 Å². The molecule has 1 N–H and O–H groups in total. The summed E-state index contributed by atoms with van der Waals surface area (Å²) in [5.41, 5.74) is -1.02. The monoisotopic (exact) mass is 354 g/mol. The van der Waals surface area contributed by atoms with Gasteiger partial charge < -0.3 is 0 Å². The maximum Gasteiger partial charge on any atom is 0.332 e. The number of pyridine rings is 1. The highest BCUT2D eigenvalue weighted by atomic mass is 32.2. The fourth-order valence-corrected chi connectivity index (χ4v) is 2.71. The van der Waals surface area contributed by atoms with Crippen molar-refractivity contribution in [2.75, 3.05) is 6.26 Å². The summed E-state index contributed by atoms with van der Waals surface area (Å²) in [5, 5.41) is 0.0684. The van der Waals surface area contributed by atoms with Gasteiger partial charge in [-0.25, -0.2) is 22.9 Å². The molecule has 0 bridgehead atoms. The Balaban J connectivity index is 2.72. The third kappa shape index (κ3) is 3.53. The molecule has 0 spiro atoms. The van der Waals surface area contributed by atoms with Crippen molar-refractivity contribution in [3.05, 3.63) is 38.7 Å².